The summed E-state index contributed by atoms with van der Waals surface area (Å²) in [4.78, 5) is 12.7. The maximum absolute atomic E-state index is 10.9. The summed E-state index contributed by atoms with van der Waals surface area (Å²) in [5.74, 6) is -1.22. The lowest BCUT2D eigenvalue weighted by Gasteiger charge is -2.28. The van der Waals surface area contributed by atoms with Gasteiger partial charge >= 0.3 is 5.97 Å². The minimum atomic E-state index is -1.76. The third-order valence-corrected chi connectivity index (χ3v) is 2.69. The SMILES string of the molecule is CC(O)(CN(CCN)Cc1ccccc1)C(=O)O. The molecule has 0 heterocycles. The Kier molecular flexibility index (Phi) is 5.27. The molecule has 0 bridgehead atoms. The molecule has 1 rings (SSSR count). The molecule has 5 heteroatoms. The monoisotopic (exact) mass is 252 g/mol. The van der Waals surface area contributed by atoms with Crippen LogP contribution in [0.5, 0.6) is 0 Å². The zero-order valence-electron chi connectivity index (χ0n) is 10.5. The second-order valence-corrected chi connectivity index (χ2v) is 4.56. The smallest absolute Gasteiger partial charge is 0.336 e. The molecule has 0 spiro atoms. The van der Waals surface area contributed by atoms with Gasteiger partial charge in [0.2, 0.25) is 0 Å². The van der Waals surface area contributed by atoms with Crippen molar-refractivity contribution in [2.75, 3.05) is 19.6 Å². The number of carboxylic acid groups (broad SMARTS) is 1. The highest BCUT2D eigenvalue weighted by Crippen LogP contribution is 2.10. The van der Waals surface area contributed by atoms with Gasteiger partial charge in [-0.15, -0.1) is 0 Å². The van der Waals surface area contributed by atoms with Crippen LogP contribution in [0.25, 0.3) is 0 Å². The Morgan fingerprint density at radius 1 is 1.39 bits per heavy atom. The summed E-state index contributed by atoms with van der Waals surface area (Å²) in [5, 5.41) is 18.7. The third-order valence-electron chi connectivity index (χ3n) is 2.69. The molecule has 1 unspecified atom stereocenters. The van der Waals surface area contributed by atoms with E-state index >= 15 is 0 Å². The molecule has 0 aliphatic heterocycles. The van der Waals surface area contributed by atoms with Crippen LogP contribution in [0.3, 0.4) is 0 Å². The highest BCUT2D eigenvalue weighted by Gasteiger charge is 2.32. The summed E-state index contributed by atoms with van der Waals surface area (Å²) in [7, 11) is 0. The summed E-state index contributed by atoms with van der Waals surface area (Å²) in [5.41, 5.74) is 4.81. The number of carbonyl (C=O) groups is 1. The molecule has 0 fully saturated rings. The van der Waals surface area contributed by atoms with Gasteiger partial charge < -0.3 is 15.9 Å². The molecule has 1 atom stereocenters. The quantitative estimate of drug-likeness (QED) is 0.649. The lowest BCUT2D eigenvalue weighted by molar-refractivity contribution is -0.158. The zero-order valence-corrected chi connectivity index (χ0v) is 10.5. The number of hydrogen-bond acceptors (Lipinski definition) is 4. The van der Waals surface area contributed by atoms with Crippen LogP contribution in [0.4, 0.5) is 0 Å². The van der Waals surface area contributed by atoms with Gasteiger partial charge in [0, 0.05) is 26.2 Å². The van der Waals surface area contributed by atoms with E-state index in [1.165, 1.54) is 6.92 Å². The van der Waals surface area contributed by atoms with Crippen LogP contribution in [0.15, 0.2) is 30.3 Å². The number of benzene rings is 1. The van der Waals surface area contributed by atoms with Crippen molar-refractivity contribution < 1.29 is 15.0 Å². The molecule has 4 N–H and O–H groups in total. The summed E-state index contributed by atoms with van der Waals surface area (Å²) < 4.78 is 0. The highest BCUT2D eigenvalue weighted by atomic mass is 16.4. The Labute approximate surface area is 107 Å². The topological polar surface area (TPSA) is 86.8 Å². The van der Waals surface area contributed by atoms with Crippen molar-refractivity contribution in [1.82, 2.24) is 4.90 Å². The number of hydrogen-bond donors (Lipinski definition) is 3. The van der Waals surface area contributed by atoms with E-state index in [1.54, 1.807) is 0 Å². The number of rotatable bonds is 7. The summed E-state index contributed by atoms with van der Waals surface area (Å²) in [6.07, 6.45) is 0. The van der Waals surface area contributed by atoms with Crippen LogP contribution in [0.2, 0.25) is 0 Å². The van der Waals surface area contributed by atoms with Gasteiger partial charge in [-0.25, -0.2) is 4.79 Å². The first-order valence-corrected chi connectivity index (χ1v) is 5.88. The van der Waals surface area contributed by atoms with Crippen LogP contribution in [0.1, 0.15) is 12.5 Å². The molecular weight excluding hydrogens is 232 g/mol. The first-order chi connectivity index (χ1) is 8.45. The largest absolute Gasteiger partial charge is 0.479 e. The van der Waals surface area contributed by atoms with E-state index in [9.17, 15) is 9.90 Å². The summed E-state index contributed by atoms with van der Waals surface area (Å²) in [6.45, 7) is 2.88. The van der Waals surface area contributed by atoms with Gasteiger partial charge in [0.05, 0.1) is 0 Å². The number of nitrogens with zero attached hydrogens (tertiary/aromatic N) is 1. The molecular formula is C13H20N2O3. The minimum Gasteiger partial charge on any atom is -0.479 e. The van der Waals surface area contributed by atoms with Gasteiger partial charge in [-0.2, -0.15) is 0 Å². The molecule has 0 saturated heterocycles. The second kappa shape index (κ2) is 6.49. The van der Waals surface area contributed by atoms with Gasteiger partial charge in [0.15, 0.2) is 5.60 Å². The van der Waals surface area contributed by atoms with E-state index in [2.05, 4.69) is 0 Å². The first-order valence-electron chi connectivity index (χ1n) is 5.88. The summed E-state index contributed by atoms with van der Waals surface area (Å²) >= 11 is 0. The van der Waals surface area contributed by atoms with Gasteiger partial charge in [0.25, 0.3) is 0 Å². The van der Waals surface area contributed by atoms with E-state index in [0.717, 1.165) is 5.56 Å². The lowest BCUT2D eigenvalue weighted by atomic mass is 10.1. The van der Waals surface area contributed by atoms with E-state index in [4.69, 9.17) is 10.8 Å². The summed E-state index contributed by atoms with van der Waals surface area (Å²) in [6, 6.07) is 9.68. The third kappa shape index (κ3) is 4.44. The predicted molar refractivity (Wildman–Crippen MR) is 69.0 cm³/mol. The Morgan fingerprint density at radius 3 is 2.50 bits per heavy atom. The fourth-order valence-electron chi connectivity index (χ4n) is 1.74. The van der Waals surface area contributed by atoms with Crippen molar-refractivity contribution in [3.05, 3.63) is 35.9 Å². The molecule has 0 radical (unpaired) electrons. The molecule has 1 aromatic rings. The van der Waals surface area contributed by atoms with Crippen molar-refractivity contribution in [2.24, 2.45) is 5.73 Å². The standard InChI is InChI=1S/C13H20N2O3/c1-13(18,12(16)17)10-15(8-7-14)9-11-5-3-2-4-6-11/h2-6,18H,7-10,14H2,1H3,(H,16,17). The maximum atomic E-state index is 10.9. The van der Waals surface area contributed by atoms with Gasteiger partial charge in [0.1, 0.15) is 0 Å². The number of carboxylic acids is 1. The Balaban J connectivity index is 2.69. The van der Waals surface area contributed by atoms with E-state index < -0.39 is 11.6 Å². The van der Waals surface area contributed by atoms with Gasteiger partial charge in [-0.05, 0) is 12.5 Å². The molecule has 0 aliphatic rings. The Morgan fingerprint density at radius 2 is 2.00 bits per heavy atom. The molecule has 5 nitrogen and oxygen atoms in total. The van der Waals surface area contributed by atoms with Crippen LogP contribution in [0, 0.1) is 0 Å². The zero-order chi connectivity index (χ0) is 13.6. The predicted octanol–water partition coefficient (Wildman–Crippen LogP) is 0.283. The molecule has 0 saturated carbocycles. The van der Waals surface area contributed by atoms with Crippen molar-refractivity contribution in [1.29, 1.82) is 0 Å². The van der Waals surface area contributed by atoms with Crippen molar-refractivity contribution in [3.8, 4) is 0 Å². The van der Waals surface area contributed by atoms with Crippen LogP contribution < -0.4 is 5.73 Å². The average Bonchev–Trinajstić information content (AvgIpc) is 2.30. The molecule has 100 valence electrons. The maximum Gasteiger partial charge on any atom is 0.336 e. The fourth-order valence-corrected chi connectivity index (χ4v) is 1.74. The second-order valence-electron chi connectivity index (χ2n) is 4.56. The Bertz CT molecular complexity index is 379. The fraction of sp³-hybridized carbons (Fsp3) is 0.462. The number of aliphatic hydroxyl groups is 1. The molecule has 0 amide bonds. The number of aliphatic carboxylic acids is 1. The first kappa shape index (κ1) is 14.6. The van der Waals surface area contributed by atoms with Crippen LogP contribution in [-0.4, -0.2) is 46.3 Å². The molecule has 0 aliphatic carbocycles. The van der Waals surface area contributed by atoms with Crippen LogP contribution in [-0.2, 0) is 11.3 Å². The van der Waals surface area contributed by atoms with Crippen molar-refractivity contribution in [2.45, 2.75) is 19.1 Å². The van der Waals surface area contributed by atoms with E-state index in [-0.39, 0.29) is 6.54 Å². The van der Waals surface area contributed by atoms with Crippen LogP contribution >= 0.6 is 0 Å². The minimum absolute atomic E-state index is 0.0500. The number of nitrogens with two attached hydrogens (primary N) is 1. The molecule has 0 aromatic heterocycles. The highest BCUT2D eigenvalue weighted by molar-refractivity contribution is 5.76. The normalized spacial score (nSPS) is 14.4. The van der Waals surface area contributed by atoms with E-state index in [0.29, 0.717) is 19.6 Å². The van der Waals surface area contributed by atoms with Gasteiger partial charge in [-0.1, -0.05) is 30.3 Å². The van der Waals surface area contributed by atoms with Crippen molar-refractivity contribution in [3.63, 3.8) is 0 Å². The lowest BCUT2D eigenvalue weighted by Crippen LogP contribution is -2.47. The van der Waals surface area contributed by atoms with E-state index in [1.807, 2.05) is 35.2 Å². The average molecular weight is 252 g/mol. The van der Waals surface area contributed by atoms with Crippen molar-refractivity contribution >= 4 is 5.97 Å². The van der Waals surface area contributed by atoms with Gasteiger partial charge in [-0.3, -0.25) is 4.90 Å². The molecule has 1 aromatic carbocycles. The Hall–Kier alpha value is -1.43. The molecule has 18 heavy (non-hydrogen) atoms.